The molecule has 0 radical (unpaired) electrons. The van der Waals surface area contributed by atoms with Gasteiger partial charge in [-0.3, -0.25) is 5.21 Å². The SMILES string of the molecule is COC(=O)c1ccccc1OC(=O)c1cccc(N([O-])O)c1. The Bertz CT molecular complexity index is 698. The molecule has 1 N–H and O–H groups in total. The van der Waals surface area contributed by atoms with Crippen molar-refractivity contribution in [1.82, 2.24) is 0 Å². The molecular weight excluding hydrogens is 290 g/mol. The van der Waals surface area contributed by atoms with E-state index in [9.17, 15) is 14.8 Å². The molecule has 0 bridgehead atoms. The smallest absolute Gasteiger partial charge is 0.343 e. The Kier molecular flexibility index (Phi) is 4.72. The van der Waals surface area contributed by atoms with Crippen LogP contribution in [-0.4, -0.2) is 24.3 Å². The first-order valence-corrected chi connectivity index (χ1v) is 6.18. The zero-order chi connectivity index (χ0) is 16.1. The molecule has 0 aliphatic heterocycles. The largest absolute Gasteiger partial charge is 0.733 e. The number of hydrogen-bond acceptors (Lipinski definition) is 7. The van der Waals surface area contributed by atoms with Gasteiger partial charge in [0.25, 0.3) is 0 Å². The van der Waals surface area contributed by atoms with Gasteiger partial charge in [-0.2, -0.15) is 0 Å². The van der Waals surface area contributed by atoms with Gasteiger partial charge in [0, 0.05) is 0 Å². The summed E-state index contributed by atoms with van der Waals surface area (Å²) in [6.45, 7) is 0. The van der Waals surface area contributed by atoms with Gasteiger partial charge >= 0.3 is 11.9 Å². The number of hydrogen-bond donors (Lipinski definition) is 1. The molecule has 0 heterocycles. The Labute approximate surface area is 125 Å². The standard InChI is InChI=1S/C15H12NO6/c1-21-15(18)12-7-2-3-8-13(12)22-14(17)10-5-4-6-11(9-10)16(19)20/h2-9,19H,1H3/q-1. The highest BCUT2D eigenvalue weighted by atomic mass is 16.8. The van der Waals surface area contributed by atoms with Crippen LogP contribution in [0.15, 0.2) is 48.5 Å². The number of nitrogens with zero attached hydrogens (tertiary/aromatic N) is 1. The average molecular weight is 302 g/mol. The van der Waals surface area contributed by atoms with Crippen molar-refractivity contribution in [2.75, 3.05) is 12.3 Å². The molecule has 2 rings (SSSR count). The number of carbonyl (C=O) groups excluding carboxylic acids is 2. The highest BCUT2D eigenvalue weighted by Gasteiger charge is 2.16. The van der Waals surface area contributed by atoms with Gasteiger partial charge in [-0.15, -0.1) is 0 Å². The summed E-state index contributed by atoms with van der Waals surface area (Å²) in [5, 5.41) is 19.3. The number of para-hydroxylation sites is 1. The van der Waals surface area contributed by atoms with Gasteiger partial charge < -0.3 is 19.9 Å². The summed E-state index contributed by atoms with van der Waals surface area (Å²) in [5.41, 5.74) is 0.0323. The van der Waals surface area contributed by atoms with Crippen molar-refractivity contribution >= 4 is 17.6 Å². The molecule has 0 spiro atoms. The monoisotopic (exact) mass is 302 g/mol. The van der Waals surface area contributed by atoms with Gasteiger partial charge in [0.2, 0.25) is 0 Å². The Morgan fingerprint density at radius 1 is 1.09 bits per heavy atom. The zero-order valence-corrected chi connectivity index (χ0v) is 11.6. The van der Waals surface area contributed by atoms with Crippen molar-refractivity contribution in [3.05, 3.63) is 64.9 Å². The van der Waals surface area contributed by atoms with Crippen molar-refractivity contribution in [3.63, 3.8) is 0 Å². The third-order valence-electron chi connectivity index (χ3n) is 2.80. The topological polar surface area (TPSA) is 99.1 Å². The third-order valence-corrected chi connectivity index (χ3v) is 2.80. The predicted molar refractivity (Wildman–Crippen MR) is 76.8 cm³/mol. The minimum Gasteiger partial charge on any atom is -0.733 e. The van der Waals surface area contributed by atoms with Crippen molar-refractivity contribution < 1.29 is 24.3 Å². The second kappa shape index (κ2) is 6.70. The minimum atomic E-state index is -0.778. The minimum absolute atomic E-state index is 0.0349. The van der Waals surface area contributed by atoms with Crippen molar-refractivity contribution in [2.45, 2.75) is 0 Å². The number of methoxy groups -OCH3 is 1. The van der Waals surface area contributed by atoms with E-state index in [1.807, 2.05) is 0 Å². The first-order valence-electron chi connectivity index (χ1n) is 6.18. The number of esters is 2. The molecule has 0 atom stereocenters. The van der Waals surface area contributed by atoms with Gasteiger partial charge in [0.15, 0.2) is 0 Å². The first kappa shape index (κ1) is 15.5. The Morgan fingerprint density at radius 3 is 2.50 bits per heavy atom. The molecule has 0 aliphatic carbocycles. The molecule has 7 heteroatoms. The summed E-state index contributed by atoms with van der Waals surface area (Å²) in [6.07, 6.45) is 0. The third kappa shape index (κ3) is 3.40. The van der Waals surface area contributed by atoms with E-state index in [1.165, 1.54) is 37.4 Å². The van der Waals surface area contributed by atoms with Crippen LogP contribution in [0, 0.1) is 5.21 Å². The first-order chi connectivity index (χ1) is 10.5. The maximum atomic E-state index is 12.1. The quantitative estimate of drug-likeness (QED) is 0.526. The highest BCUT2D eigenvalue weighted by Crippen LogP contribution is 2.21. The Morgan fingerprint density at radius 2 is 1.82 bits per heavy atom. The van der Waals surface area contributed by atoms with E-state index >= 15 is 0 Å². The normalized spacial score (nSPS) is 9.95. The molecule has 0 unspecified atom stereocenters. The van der Waals surface area contributed by atoms with Crippen LogP contribution in [0.4, 0.5) is 5.69 Å². The van der Waals surface area contributed by atoms with E-state index in [0.717, 1.165) is 6.07 Å². The van der Waals surface area contributed by atoms with Crippen LogP contribution in [0.3, 0.4) is 0 Å². The molecule has 22 heavy (non-hydrogen) atoms. The van der Waals surface area contributed by atoms with Gasteiger partial charge in [-0.05, 0) is 30.3 Å². The summed E-state index contributed by atoms with van der Waals surface area (Å²) in [6, 6.07) is 11.4. The Hall–Kier alpha value is -2.90. The van der Waals surface area contributed by atoms with Crippen molar-refractivity contribution in [3.8, 4) is 5.75 Å². The lowest BCUT2D eigenvalue weighted by Gasteiger charge is -2.21. The molecule has 0 saturated heterocycles. The number of anilines is 1. The van der Waals surface area contributed by atoms with E-state index in [-0.39, 0.29) is 27.8 Å². The molecule has 2 aromatic rings. The van der Waals surface area contributed by atoms with Crippen molar-refractivity contribution in [2.24, 2.45) is 0 Å². The van der Waals surface area contributed by atoms with Crippen LogP contribution < -0.4 is 9.96 Å². The van der Waals surface area contributed by atoms with Crippen molar-refractivity contribution in [1.29, 1.82) is 0 Å². The second-order valence-corrected chi connectivity index (χ2v) is 4.20. The van der Waals surface area contributed by atoms with Crippen LogP contribution in [0.25, 0.3) is 0 Å². The molecule has 114 valence electrons. The number of rotatable bonds is 4. The summed E-state index contributed by atoms with van der Waals surface area (Å²) < 4.78 is 9.75. The van der Waals surface area contributed by atoms with E-state index < -0.39 is 11.9 Å². The molecule has 0 aromatic heterocycles. The van der Waals surface area contributed by atoms with Crippen LogP contribution >= 0.6 is 0 Å². The predicted octanol–water partition coefficient (Wildman–Crippen LogP) is 2.39. The number of carbonyl (C=O) groups is 2. The average Bonchev–Trinajstić information content (AvgIpc) is 2.54. The van der Waals surface area contributed by atoms with Gasteiger partial charge in [-0.1, -0.05) is 18.2 Å². The molecule has 0 amide bonds. The maximum Gasteiger partial charge on any atom is 0.343 e. The lowest BCUT2D eigenvalue weighted by molar-refractivity contribution is 0.0593. The molecule has 7 nitrogen and oxygen atoms in total. The highest BCUT2D eigenvalue weighted by molar-refractivity contribution is 5.96. The van der Waals surface area contributed by atoms with Crippen LogP contribution in [0.2, 0.25) is 0 Å². The Balaban J connectivity index is 2.26. The molecule has 0 aliphatic rings. The molecule has 0 fully saturated rings. The maximum absolute atomic E-state index is 12.1. The van der Waals surface area contributed by atoms with E-state index in [4.69, 9.17) is 9.94 Å². The molecule has 2 aromatic carbocycles. The van der Waals surface area contributed by atoms with Crippen LogP contribution in [-0.2, 0) is 4.74 Å². The van der Waals surface area contributed by atoms with E-state index in [1.54, 1.807) is 12.1 Å². The van der Waals surface area contributed by atoms with E-state index in [2.05, 4.69) is 4.74 Å². The summed E-state index contributed by atoms with van der Waals surface area (Å²) in [4.78, 5) is 23.7. The van der Waals surface area contributed by atoms with Gasteiger partial charge in [0.05, 0.1) is 18.4 Å². The fourth-order valence-corrected chi connectivity index (χ4v) is 1.74. The molecule has 0 saturated carbocycles. The zero-order valence-electron chi connectivity index (χ0n) is 11.6. The summed E-state index contributed by atoms with van der Waals surface area (Å²) in [5.74, 6) is -1.38. The summed E-state index contributed by atoms with van der Waals surface area (Å²) >= 11 is 0. The number of ether oxygens (including phenoxy) is 2. The van der Waals surface area contributed by atoms with Crippen LogP contribution in [0.5, 0.6) is 5.75 Å². The fraction of sp³-hybridized carbons (Fsp3) is 0.0667. The second-order valence-electron chi connectivity index (χ2n) is 4.20. The van der Waals surface area contributed by atoms with Crippen LogP contribution in [0.1, 0.15) is 20.7 Å². The fourth-order valence-electron chi connectivity index (χ4n) is 1.74. The lowest BCUT2D eigenvalue weighted by atomic mass is 10.2. The van der Waals surface area contributed by atoms with Gasteiger partial charge in [-0.25, -0.2) is 9.59 Å². The molecular formula is C15H12NO6-. The van der Waals surface area contributed by atoms with E-state index in [0.29, 0.717) is 0 Å². The number of benzene rings is 2. The lowest BCUT2D eigenvalue weighted by Crippen LogP contribution is -2.13. The van der Waals surface area contributed by atoms with Gasteiger partial charge in [0.1, 0.15) is 11.3 Å². The summed E-state index contributed by atoms with van der Waals surface area (Å²) in [7, 11) is 1.22.